The van der Waals surface area contributed by atoms with Crippen LogP contribution in [0.15, 0.2) is 6.20 Å². The third kappa shape index (κ3) is 3.00. The van der Waals surface area contributed by atoms with Crippen LogP contribution in [0.5, 0.6) is 0 Å². The summed E-state index contributed by atoms with van der Waals surface area (Å²) in [6, 6.07) is 0.0195. The number of carbonyl (C=O) groups is 1. The number of hydrogen-bond donors (Lipinski definition) is 2. The molecule has 4 nitrogen and oxygen atoms in total. The number of nitrogens with zero attached hydrogens (tertiary/aromatic N) is 1. The number of amides is 1. The highest BCUT2D eigenvalue weighted by Crippen LogP contribution is 2.32. The highest BCUT2D eigenvalue weighted by Gasteiger charge is 2.29. The molecule has 0 radical (unpaired) electrons. The molecule has 0 saturated heterocycles. The van der Waals surface area contributed by atoms with Crippen molar-refractivity contribution in [3.05, 3.63) is 11.1 Å². The zero-order valence-electron chi connectivity index (χ0n) is 8.69. The van der Waals surface area contributed by atoms with Crippen LogP contribution in [0.3, 0.4) is 0 Å². The number of aryl methyl sites for hydroxylation is 1. The van der Waals surface area contributed by atoms with Gasteiger partial charge >= 0.3 is 0 Å². The zero-order chi connectivity index (χ0) is 10.8. The summed E-state index contributed by atoms with van der Waals surface area (Å²) in [5.41, 5.74) is 5.86. The fraction of sp³-hybridized carbons (Fsp3) is 0.600. The summed E-state index contributed by atoms with van der Waals surface area (Å²) in [5, 5.41) is 3.43. The molecule has 1 aliphatic carbocycles. The van der Waals surface area contributed by atoms with Crippen molar-refractivity contribution < 1.29 is 4.79 Å². The Hall–Kier alpha value is -0.940. The highest BCUT2D eigenvalue weighted by molar-refractivity contribution is 7.15. The molecule has 1 aliphatic rings. The normalized spacial score (nSPS) is 17.5. The average molecular weight is 225 g/mol. The van der Waals surface area contributed by atoms with Crippen molar-refractivity contribution in [1.82, 2.24) is 4.98 Å². The van der Waals surface area contributed by atoms with Gasteiger partial charge in [-0.2, -0.15) is 0 Å². The van der Waals surface area contributed by atoms with Crippen molar-refractivity contribution >= 4 is 22.4 Å². The third-order valence-electron chi connectivity index (χ3n) is 2.52. The van der Waals surface area contributed by atoms with Crippen molar-refractivity contribution in [3.63, 3.8) is 0 Å². The highest BCUT2D eigenvalue weighted by atomic mass is 32.1. The number of aromatic nitrogens is 1. The van der Waals surface area contributed by atoms with E-state index in [1.54, 1.807) is 6.20 Å². The summed E-state index contributed by atoms with van der Waals surface area (Å²) in [6.45, 7) is 1.96. The average Bonchev–Trinajstić information content (AvgIpc) is 2.92. The molecule has 1 heterocycles. The maximum absolute atomic E-state index is 11.5. The first-order chi connectivity index (χ1) is 7.15. The Morgan fingerprint density at radius 1 is 1.80 bits per heavy atom. The molecule has 82 valence electrons. The molecule has 1 atom stereocenters. The van der Waals surface area contributed by atoms with Gasteiger partial charge in [-0.15, -0.1) is 11.3 Å². The van der Waals surface area contributed by atoms with Crippen molar-refractivity contribution in [3.8, 4) is 0 Å². The lowest BCUT2D eigenvalue weighted by molar-refractivity contribution is -0.116. The molecule has 0 spiro atoms. The number of carbonyl (C=O) groups excluding carboxylic acids is 1. The van der Waals surface area contributed by atoms with Crippen molar-refractivity contribution in [2.75, 3.05) is 5.32 Å². The Bertz CT molecular complexity index is 359. The summed E-state index contributed by atoms with van der Waals surface area (Å²) in [5.74, 6) is 0.539. The molecule has 1 unspecified atom stereocenters. The van der Waals surface area contributed by atoms with Gasteiger partial charge in [0.1, 0.15) is 0 Å². The smallest absolute Gasteiger partial charge is 0.227 e. The van der Waals surface area contributed by atoms with Crippen LogP contribution in [-0.4, -0.2) is 16.9 Å². The lowest BCUT2D eigenvalue weighted by Gasteiger charge is -2.08. The lowest BCUT2D eigenvalue weighted by Crippen LogP contribution is -2.28. The first-order valence-electron chi connectivity index (χ1n) is 5.13. The van der Waals surface area contributed by atoms with Crippen LogP contribution in [0.4, 0.5) is 5.13 Å². The minimum Gasteiger partial charge on any atom is -0.327 e. The Morgan fingerprint density at radius 2 is 2.53 bits per heavy atom. The molecule has 5 heteroatoms. The van der Waals surface area contributed by atoms with Crippen LogP contribution in [-0.2, 0) is 4.79 Å². The molecule has 0 aliphatic heterocycles. The number of thiazole rings is 1. The van der Waals surface area contributed by atoms with E-state index in [1.165, 1.54) is 24.2 Å². The summed E-state index contributed by atoms with van der Waals surface area (Å²) in [4.78, 5) is 16.7. The predicted molar refractivity (Wildman–Crippen MR) is 60.8 cm³/mol. The largest absolute Gasteiger partial charge is 0.327 e. The molecule has 1 saturated carbocycles. The molecule has 1 amide bonds. The van der Waals surface area contributed by atoms with E-state index in [9.17, 15) is 4.79 Å². The monoisotopic (exact) mass is 225 g/mol. The summed E-state index contributed by atoms with van der Waals surface area (Å²) in [7, 11) is 0. The van der Waals surface area contributed by atoms with Crippen LogP contribution in [0, 0.1) is 12.8 Å². The fourth-order valence-corrected chi connectivity index (χ4v) is 2.17. The minimum atomic E-state index is -0.0243. The second-order valence-corrected chi connectivity index (χ2v) is 5.26. The van der Waals surface area contributed by atoms with Gasteiger partial charge < -0.3 is 11.1 Å². The molecular weight excluding hydrogens is 210 g/mol. The number of nitrogens with one attached hydrogen (secondary N) is 1. The van der Waals surface area contributed by atoms with Gasteiger partial charge in [-0.25, -0.2) is 4.98 Å². The van der Waals surface area contributed by atoms with E-state index < -0.39 is 0 Å². The SMILES string of the molecule is Cc1cnc(NC(=O)CC(N)C2CC2)s1. The molecule has 1 aromatic rings. The van der Waals surface area contributed by atoms with E-state index in [2.05, 4.69) is 10.3 Å². The van der Waals surface area contributed by atoms with E-state index in [0.29, 0.717) is 17.5 Å². The zero-order valence-corrected chi connectivity index (χ0v) is 9.51. The molecule has 3 N–H and O–H groups in total. The van der Waals surface area contributed by atoms with Gasteiger partial charge in [-0.1, -0.05) is 0 Å². The van der Waals surface area contributed by atoms with Gasteiger partial charge in [0.25, 0.3) is 0 Å². The van der Waals surface area contributed by atoms with E-state index in [4.69, 9.17) is 5.73 Å². The molecule has 0 bridgehead atoms. The number of nitrogens with two attached hydrogens (primary N) is 1. The first kappa shape index (κ1) is 10.6. The van der Waals surface area contributed by atoms with E-state index >= 15 is 0 Å². The van der Waals surface area contributed by atoms with Crippen LogP contribution < -0.4 is 11.1 Å². The summed E-state index contributed by atoms with van der Waals surface area (Å²) >= 11 is 1.48. The molecule has 0 aromatic carbocycles. The molecule has 1 aromatic heterocycles. The van der Waals surface area contributed by atoms with Gasteiger partial charge in [-0.3, -0.25) is 4.79 Å². The van der Waals surface area contributed by atoms with Crippen LogP contribution in [0.2, 0.25) is 0 Å². The maximum Gasteiger partial charge on any atom is 0.227 e. The number of anilines is 1. The second-order valence-electron chi connectivity index (χ2n) is 4.03. The van der Waals surface area contributed by atoms with Crippen LogP contribution in [0.1, 0.15) is 24.1 Å². The fourth-order valence-electron chi connectivity index (χ4n) is 1.49. The van der Waals surface area contributed by atoms with Crippen molar-refractivity contribution in [2.45, 2.75) is 32.2 Å². The van der Waals surface area contributed by atoms with Crippen molar-refractivity contribution in [1.29, 1.82) is 0 Å². The predicted octanol–water partition coefficient (Wildman–Crippen LogP) is 1.52. The second kappa shape index (κ2) is 4.28. The van der Waals surface area contributed by atoms with Crippen molar-refractivity contribution in [2.24, 2.45) is 11.7 Å². The van der Waals surface area contributed by atoms with Crippen LogP contribution >= 0.6 is 11.3 Å². The Morgan fingerprint density at radius 3 is 3.07 bits per heavy atom. The quantitative estimate of drug-likeness (QED) is 0.816. The molecule has 15 heavy (non-hydrogen) atoms. The Kier molecular flexibility index (Phi) is 3.02. The molecule has 1 fully saturated rings. The molecule has 2 rings (SSSR count). The Balaban J connectivity index is 1.81. The number of rotatable bonds is 4. The Labute approximate surface area is 92.9 Å². The number of hydrogen-bond acceptors (Lipinski definition) is 4. The van der Waals surface area contributed by atoms with E-state index in [-0.39, 0.29) is 11.9 Å². The third-order valence-corrected chi connectivity index (χ3v) is 3.34. The maximum atomic E-state index is 11.5. The van der Waals surface area contributed by atoms with Gasteiger partial charge in [0.05, 0.1) is 0 Å². The van der Waals surface area contributed by atoms with Gasteiger partial charge in [0, 0.05) is 23.5 Å². The minimum absolute atomic E-state index is 0.0195. The topological polar surface area (TPSA) is 68.0 Å². The van der Waals surface area contributed by atoms with Gasteiger partial charge in [-0.05, 0) is 25.7 Å². The van der Waals surface area contributed by atoms with E-state index in [1.807, 2.05) is 6.92 Å². The van der Waals surface area contributed by atoms with E-state index in [0.717, 1.165) is 4.88 Å². The van der Waals surface area contributed by atoms with Crippen LogP contribution in [0.25, 0.3) is 0 Å². The molecular formula is C10H15N3OS. The summed E-state index contributed by atoms with van der Waals surface area (Å²) < 4.78 is 0. The standard InChI is InChI=1S/C10H15N3OS/c1-6-5-12-10(15-6)13-9(14)4-8(11)7-2-3-7/h5,7-8H,2-4,11H2,1H3,(H,12,13,14). The van der Waals surface area contributed by atoms with Gasteiger partial charge in [0.2, 0.25) is 5.91 Å². The lowest BCUT2D eigenvalue weighted by atomic mass is 10.1. The first-order valence-corrected chi connectivity index (χ1v) is 5.94. The van der Waals surface area contributed by atoms with Gasteiger partial charge in [0.15, 0.2) is 5.13 Å². The summed E-state index contributed by atoms with van der Waals surface area (Å²) in [6.07, 6.45) is 4.50.